The summed E-state index contributed by atoms with van der Waals surface area (Å²) < 4.78 is 0. The van der Waals surface area contributed by atoms with Crippen molar-refractivity contribution < 1.29 is 0 Å². The van der Waals surface area contributed by atoms with Crippen molar-refractivity contribution in [3.05, 3.63) is 194 Å². The van der Waals surface area contributed by atoms with Gasteiger partial charge in [-0.05, 0) is 80.4 Å². The highest BCUT2D eigenvalue weighted by Crippen LogP contribution is 2.37. The minimum atomic E-state index is 0.954. The van der Waals surface area contributed by atoms with Gasteiger partial charge in [0.2, 0.25) is 0 Å². The number of aromatic nitrogens is 2. The Hall–Kier alpha value is -6.64. The zero-order valence-corrected chi connectivity index (χ0v) is 27.4. The minimum absolute atomic E-state index is 0.954. The Kier molecular flexibility index (Phi) is 7.53. The predicted octanol–water partition coefficient (Wildman–Crippen LogP) is 12.8. The lowest BCUT2D eigenvalue weighted by Gasteiger charge is -2.14. The van der Waals surface area contributed by atoms with Gasteiger partial charge in [-0.3, -0.25) is 4.98 Å². The summed E-state index contributed by atoms with van der Waals surface area (Å²) in [5.74, 6) is 0. The van der Waals surface area contributed by atoms with E-state index in [1.54, 1.807) is 0 Å². The molecule has 0 aliphatic heterocycles. The second kappa shape index (κ2) is 12.8. The molecule has 0 aliphatic carbocycles. The quantitative estimate of drug-likeness (QED) is 0.181. The van der Waals surface area contributed by atoms with Gasteiger partial charge in [0.1, 0.15) is 0 Å². The number of benzene rings is 7. The molecule has 0 bridgehead atoms. The van der Waals surface area contributed by atoms with Crippen molar-refractivity contribution in [2.24, 2.45) is 0 Å². The molecule has 0 saturated heterocycles. The molecule has 0 amide bonds. The van der Waals surface area contributed by atoms with Crippen LogP contribution in [0.4, 0.5) is 0 Å². The van der Waals surface area contributed by atoms with Gasteiger partial charge in [-0.1, -0.05) is 158 Å². The first-order valence-corrected chi connectivity index (χ1v) is 17.0. The predicted molar refractivity (Wildman–Crippen MR) is 210 cm³/mol. The van der Waals surface area contributed by atoms with Gasteiger partial charge >= 0.3 is 0 Å². The summed E-state index contributed by atoms with van der Waals surface area (Å²) >= 11 is 0. The summed E-state index contributed by atoms with van der Waals surface area (Å²) in [5, 5.41) is 2.26. The fourth-order valence-corrected chi connectivity index (χ4v) is 6.81. The third-order valence-electron chi connectivity index (χ3n) is 9.54. The Morgan fingerprint density at radius 2 is 0.780 bits per heavy atom. The fourth-order valence-electron chi connectivity index (χ4n) is 6.81. The van der Waals surface area contributed by atoms with E-state index in [0.29, 0.717) is 0 Å². The van der Waals surface area contributed by atoms with Crippen molar-refractivity contribution in [2.45, 2.75) is 0 Å². The van der Waals surface area contributed by atoms with E-state index in [1.165, 1.54) is 33.4 Å². The third-order valence-corrected chi connectivity index (χ3v) is 9.54. The van der Waals surface area contributed by atoms with E-state index in [1.807, 2.05) is 12.3 Å². The highest BCUT2D eigenvalue weighted by molar-refractivity contribution is 5.99. The Bertz CT molecular complexity index is 2590. The average molecular weight is 637 g/mol. The van der Waals surface area contributed by atoms with Crippen LogP contribution in [0.1, 0.15) is 0 Å². The molecule has 2 heterocycles. The molecule has 0 aliphatic rings. The fraction of sp³-hybridized carbons (Fsp3) is 0. The lowest BCUT2D eigenvalue weighted by atomic mass is 9.93. The first-order valence-electron chi connectivity index (χ1n) is 17.0. The van der Waals surface area contributed by atoms with Crippen LogP contribution in [-0.4, -0.2) is 9.97 Å². The molecule has 0 fully saturated rings. The number of rotatable bonds is 6. The Morgan fingerprint density at radius 1 is 0.300 bits per heavy atom. The van der Waals surface area contributed by atoms with Crippen molar-refractivity contribution in [1.82, 2.24) is 9.97 Å². The summed E-state index contributed by atoms with van der Waals surface area (Å²) in [5.41, 5.74) is 15.7. The molecule has 2 nitrogen and oxygen atoms in total. The van der Waals surface area contributed by atoms with E-state index in [4.69, 9.17) is 9.97 Å². The van der Waals surface area contributed by atoms with Gasteiger partial charge in [-0.2, -0.15) is 0 Å². The monoisotopic (exact) mass is 636 g/mol. The van der Waals surface area contributed by atoms with E-state index in [9.17, 15) is 0 Å². The lowest BCUT2D eigenvalue weighted by Crippen LogP contribution is -1.92. The van der Waals surface area contributed by atoms with Gasteiger partial charge in [-0.15, -0.1) is 0 Å². The molecule has 2 heteroatoms. The molecule has 9 rings (SSSR count). The molecule has 0 spiro atoms. The highest BCUT2D eigenvalue weighted by atomic mass is 14.7. The van der Waals surface area contributed by atoms with Crippen LogP contribution in [0.3, 0.4) is 0 Å². The number of hydrogen-bond acceptors (Lipinski definition) is 2. The standard InChI is InChI=1S/C48H32N2/c1-3-9-33(10-4-1)35-15-17-37(18-16-35)41-27-28-47-45(30-41)44(31-48(50-47)40-25-21-36(22-26-40)34-11-5-2-6-12-34)39-23-19-38(20-24-39)43-29-42-13-7-8-14-46(42)49-32-43/h1-32H. The smallest absolute Gasteiger partial charge is 0.0716 e. The molecule has 0 atom stereocenters. The number of nitrogens with zero attached hydrogens (tertiary/aromatic N) is 2. The van der Waals surface area contributed by atoms with Crippen molar-refractivity contribution >= 4 is 21.8 Å². The largest absolute Gasteiger partial charge is 0.256 e. The molecule has 2 aromatic heterocycles. The van der Waals surface area contributed by atoms with E-state index in [-0.39, 0.29) is 0 Å². The maximum atomic E-state index is 5.21. The second-order valence-electron chi connectivity index (χ2n) is 12.7. The second-order valence-corrected chi connectivity index (χ2v) is 12.7. The van der Waals surface area contributed by atoms with Crippen LogP contribution >= 0.6 is 0 Å². The molecule has 0 unspecified atom stereocenters. The van der Waals surface area contributed by atoms with Crippen molar-refractivity contribution in [2.75, 3.05) is 0 Å². The summed E-state index contributed by atoms with van der Waals surface area (Å²) in [6.07, 6.45) is 1.96. The summed E-state index contributed by atoms with van der Waals surface area (Å²) in [6, 6.07) is 66.8. The Labute approximate surface area is 292 Å². The van der Waals surface area contributed by atoms with Gasteiger partial charge < -0.3 is 0 Å². The van der Waals surface area contributed by atoms with Crippen LogP contribution in [0.2, 0.25) is 0 Å². The van der Waals surface area contributed by atoms with Gasteiger partial charge in [0.05, 0.1) is 16.7 Å². The lowest BCUT2D eigenvalue weighted by molar-refractivity contribution is 1.39. The van der Waals surface area contributed by atoms with E-state index >= 15 is 0 Å². The Morgan fingerprint density at radius 3 is 1.42 bits per heavy atom. The molecule has 50 heavy (non-hydrogen) atoms. The molecular weight excluding hydrogens is 605 g/mol. The van der Waals surface area contributed by atoms with E-state index in [0.717, 1.165) is 55.3 Å². The number of fused-ring (bicyclic) bond motifs is 2. The van der Waals surface area contributed by atoms with Crippen LogP contribution in [-0.2, 0) is 0 Å². The maximum absolute atomic E-state index is 5.21. The number of hydrogen-bond donors (Lipinski definition) is 0. The maximum Gasteiger partial charge on any atom is 0.0716 e. The first kappa shape index (κ1) is 29.5. The molecule has 7 aromatic carbocycles. The van der Waals surface area contributed by atoms with E-state index in [2.05, 4.69) is 182 Å². The summed E-state index contributed by atoms with van der Waals surface area (Å²) in [6.45, 7) is 0. The molecule has 234 valence electrons. The highest BCUT2D eigenvalue weighted by Gasteiger charge is 2.13. The molecule has 9 aromatic rings. The number of pyridine rings is 2. The van der Waals surface area contributed by atoms with Gasteiger partial charge in [0, 0.05) is 28.1 Å². The summed E-state index contributed by atoms with van der Waals surface area (Å²) in [7, 11) is 0. The first-order chi connectivity index (χ1) is 24.7. The topological polar surface area (TPSA) is 25.8 Å². The van der Waals surface area contributed by atoms with Crippen molar-refractivity contribution in [3.63, 3.8) is 0 Å². The van der Waals surface area contributed by atoms with Crippen molar-refractivity contribution in [3.8, 4) is 66.9 Å². The van der Waals surface area contributed by atoms with Gasteiger partial charge in [0.15, 0.2) is 0 Å². The van der Waals surface area contributed by atoms with Crippen molar-refractivity contribution in [1.29, 1.82) is 0 Å². The zero-order chi connectivity index (χ0) is 33.3. The Balaban J connectivity index is 1.13. The zero-order valence-electron chi connectivity index (χ0n) is 27.4. The van der Waals surface area contributed by atoms with Crippen LogP contribution in [0.15, 0.2) is 194 Å². The molecule has 0 radical (unpaired) electrons. The summed E-state index contributed by atoms with van der Waals surface area (Å²) in [4.78, 5) is 9.91. The molecular formula is C48H32N2. The molecule has 0 N–H and O–H groups in total. The minimum Gasteiger partial charge on any atom is -0.256 e. The third kappa shape index (κ3) is 5.74. The van der Waals surface area contributed by atoms with Gasteiger partial charge in [-0.25, -0.2) is 4.98 Å². The average Bonchev–Trinajstić information content (AvgIpc) is 3.21. The van der Waals surface area contributed by atoms with Crippen LogP contribution in [0.5, 0.6) is 0 Å². The van der Waals surface area contributed by atoms with Gasteiger partial charge in [0.25, 0.3) is 0 Å². The number of para-hydroxylation sites is 1. The van der Waals surface area contributed by atoms with Crippen LogP contribution < -0.4 is 0 Å². The SMILES string of the molecule is c1ccc(-c2ccc(-c3ccc4nc(-c5ccc(-c6ccccc6)cc5)cc(-c5ccc(-c6cnc7ccccc7c6)cc5)c4c3)cc2)cc1. The normalized spacial score (nSPS) is 11.2. The van der Waals surface area contributed by atoms with Crippen LogP contribution in [0, 0.1) is 0 Å². The van der Waals surface area contributed by atoms with E-state index < -0.39 is 0 Å². The van der Waals surface area contributed by atoms with Crippen LogP contribution in [0.25, 0.3) is 88.7 Å². The molecule has 0 saturated carbocycles.